The van der Waals surface area contributed by atoms with Gasteiger partial charge in [0.2, 0.25) is 5.91 Å². The van der Waals surface area contributed by atoms with Gasteiger partial charge in [-0.2, -0.15) is 17.0 Å². The molecule has 0 N–H and O–H groups in total. The van der Waals surface area contributed by atoms with Gasteiger partial charge in [0.25, 0.3) is 10.2 Å². The van der Waals surface area contributed by atoms with Gasteiger partial charge in [0.15, 0.2) is 0 Å². The number of carbonyl (C=O) groups excluding carboxylic acids is 1. The second kappa shape index (κ2) is 8.09. The smallest absolute Gasteiger partial charge is 0.282 e. The van der Waals surface area contributed by atoms with E-state index < -0.39 is 10.2 Å². The van der Waals surface area contributed by atoms with Gasteiger partial charge >= 0.3 is 0 Å². The number of hydrogen-bond donors (Lipinski definition) is 0. The molecule has 0 aromatic carbocycles. The predicted molar refractivity (Wildman–Crippen MR) is 89.7 cm³/mol. The van der Waals surface area contributed by atoms with E-state index in [4.69, 9.17) is 9.47 Å². The van der Waals surface area contributed by atoms with Crippen LogP contribution < -0.4 is 0 Å². The Bertz CT molecular complexity index is 521. The molecule has 24 heavy (non-hydrogen) atoms. The monoisotopic (exact) mass is 363 g/mol. The van der Waals surface area contributed by atoms with Crippen LogP contribution in [0, 0.1) is 0 Å². The van der Waals surface area contributed by atoms with Gasteiger partial charge in [0.1, 0.15) is 6.61 Å². The lowest BCUT2D eigenvalue weighted by atomic mass is 10.3. The highest BCUT2D eigenvalue weighted by Crippen LogP contribution is 2.18. The summed E-state index contributed by atoms with van der Waals surface area (Å²) in [6, 6.07) is 0. The number of rotatable bonds is 5. The molecular formula is C15H29N3O5S. The largest absolute Gasteiger partial charge is 0.373 e. The summed E-state index contributed by atoms with van der Waals surface area (Å²) in [5.41, 5.74) is 0. The molecule has 0 aliphatic carbocycles. The zero-order chi connectivity index (χ0) is 17.9. The number of ether oxygens (including phenoxy) is 2. The summed E-state index contributed by atoms with van der Waals surface area (Å²) in [7, 11) is -3.51. The van der Waals surface area contributed by atoms with Gasteiger partial charge in [-0.1, -0.05) is 0 Å². The molecule has 9 heteroatoms. The topological polar surface area (TPSA) is 79.4 Å². The first-order valence-electron chi connectivity index (χ1n) is 8.50. The molecule has 0 spiro atoms. The van der Waals surface area contributed by atoms with Gasteiger partial charge in [0, 0.05) is 39.3 Å². The number of nitrogens with zero attached hydrogens (tertiary/aromatic N) is 3. The Morgan fingerprint density at radius 1 is 1.08 bits per heavy atom. The zero-order valence-corrected chi connectivity index (χ0v) is 15.8. The summed E-state index contributed by atoms with van der Waals surface area (Å²) in [6.45, 7) is 9.72. The molecular weight excluding hydrogens is 334 g/mol. The Hall–Kier alpha value is -0.740. The summed E-state index contributed by atoms with van der Waals surface area (Å²) >= 11 is 0. The van der Waals surface area contributed by atoms with E-state index in [0.29, 0.717) is 39.3 Å². The minimum atomic E-state index is -3.51. The van der Waals surface area contributed by atoms with Crippen LogP contribution in [-0.4, -0.2) is 92.0 Å². The van der Waals surface area contributed by atoms with Gasteiger partial charge in [0.05, 0.1) is 18.3 Å². The van der Waals surface area contributed by atoms with Gasteiger partial charge in [-0.25, -0.2) is 0 Å². The van der Waals surface area contributed by atoms with Crippen LogP contribution in [0.1, 0.15) is 27.7 Å². The molecule has 2 atom stereocenters. The van der Waals surface area contributed by atoms with Crippen molar-refractivity contribution in [2.75, 3.05) is 45.9 Å². The van der Waals surface area contributed by atoms with Crippen molar-refractivity contribution in [3.8, 4) is 0 Å². The minimum Gasteiger partial charge on any atom is -0.373 e. The van der Waals surface area contributed by atoms with Crippen LogP contribution in [0.2, 0.25) is 0 Å². The first-order valence-corrected chi connectivity index (χ1v) is 9.90. The third-order valence-electron chi connectivity index (χ3n) is 4.17. The molecule has 2 unspecified atom stereocenters. The van der Waals surface area contributed by atoms with E-state index in [9.17, 15) is 13.2 Å². The molecule has 1 amide bonds. The molecule has 0 aromatic rings. The summed E-state index contributed by atoms with van der Waals surface area (Å²) in [5.74, 6) is -0.0886. The quantitative estimate of drug-likeness (QED) is 0.682. The first-order chi connectivity index (χ1) is 11.2. The van der Waals surface area contributed by atoms with Crippen molar-refractivity contribution in [1.82, 2.24) is 13.5 Å². The van der Waals surface area contributed by atoms with Crippen LogP contribution in [-0.2, 0) is 24.5 Å². The number of hydrogen-bond acceptors (Lipinski definition) is 5. The molecule has 8 nitrogen and oxygen atoms in total. The molecule has 2 aliphatic rings. The average Bonchev–Trinajstić information content (AvgIpc) is 2.51. The zero-order valence-electron chi connectivity index (χ0n) is 15.0. The molecule has 2 saturated heterocycles. The molecule has 0 saturated carbocycles. The van der Waals surface area contributed by atoms with Crippen LogP contribution in [0.15, 0.2) is 0 Å². The summed E-state index contributed by atoms with van der Waals surface area (Å²) in [5, 5.41) is 0. The van der Waals surface area contributed by atoms with E-state index in [1.54, 1.807) is 4.90 Å². The van der Waals surface area contributed by atoms with E-state index >= 15 is 0 Å². The molecule has 2 aliphatic heterocycles. The fourth-order valence-corrected chi connectivity index (χ4v) is 4.73. The van der Waals surface area contributed by atoms with Crippen molar-refractivity contribution in [1.29, 1.82) is 0 Å². The van der Waals surface area contributed by atoms with Gasteiger partial charge < -0.3 is 14.4 Å². The second-order valence-electron chi connectivity index (χ2n) is 6.72. The summed E-state index contributed by atoms with van der Waals surface area (Å²) < 4.78 is 39.5. The van der Waals surface area contributed by atoms with E-state index in [1.165, 1.54) is 8.61 Å². The lowest BCUT2D eigenvalue weighted by molar-refractivity contribution is -0.138. The molecule has 0 aromatic heterocycles. The Morgan fingerprint density at radius 2 is 1.62 bits per heavy atom. The lowest BCUT2D eigenvalue weighted by Crippen LogP contribution is -2.58. The summed E-state index contributed by atoms with van der Waals surface area (Å²) in [4.78, 5) is 13.7. The Morgan fingerprint density at radius 3 is 2.12 bits per heavy atom. The highest BCUT2D eigenvalue weighted by molar-refractivity contribution is 7.86. The summed E-state index contributed by atoms with van der Waals surface area (Å²) in [6.07, 6.45) is -0.222. The number of piperazine rings is 1. The van der Waals surface area contributed by atoms with Crippen molar-refractivity contribution < 1.29 is 22.7 Å². The third-order valence-corrected chi connectivity index (χ3v) is 6.14. The lowest BCUT2D eigenvalue weighted by Gasteiger charge is -2.40. The Labute approximate surface area is 144 Å². The van der Waals surface area contributed by atoms with Crippen molar-refractivity contribution >= 4 is 16.1 Å². The van der Waals surface area contributed by atoms with Crippen molar-refractivity contribution in [3.05, 3.63) is 0 Å². The van der Waals surface area contributed by atoms with Gasteiger partial charge in [-0.05, 0) is 27.7 Å². The Balaban J connectivity index is 1.90. The molecule has 140 valence electrons. The number of carbonyl (C=O) groups is 1. The van der Waals surface area contributed by atoms with Crippen molar-refractivity contribution in [2.24, 2.45) is 0 Å². The molecule has 0 radical (unpaired) electrons. The van der Waals surface area contributed by atoms with Crippen LogP contribution in [0.25, 0.3) is 0 Å². The van der Waals surface area contributed by atoms with Crippen molar-refractivity contribution in [2.45, 2.75) is 46.0 Å². The molecule has 0 bridgehead atoms. The predicted octanol–water partition coefficient (Wildman–Crippen LogP) is -0.0904. The highest BCUT2D eigenvalue weighted by Gasteiger charge is 2.37. The standard InChI is InChI=1S/C15H29N3O5S/c1-12(2)22-11-15(19)16-5-7-17(8-6-16)24(20,21)18-9-13(3)23-14(4)10-18/h12-14H,5-11H2,1-4H3. The maximum Gasteiger partial charge on any atom is 0.282 e. The highest BCUT2D eigenvalue weighted by atomic mass is 32.2. The van der Waals surface area contributed by atoms with Crippen LogP contribution in [0.4, 0.5) is 0 Å². The maximum absolute atomic E-state index is 12.8. The maximum atomic E-state index is 12.8. The minimum absolute atomic E-state index is 0.000849. The van der Waals surface area contributed by atoms with E-state index in [1.807, 2.05) is 27.7 Å². The van der Waals surface area contributed by atoms with Gasteiger partial charge in [-0.15, -0.1) is 0 Å². The second-order valence-corrected chi connectivity index (χ2v) is 8.65. The van der Waals surface area contributed by atoms with E-state index in [2.05, 4.69) is 0 Å². The number of morpholine rings is 1. The molecule has 2 fully saturated rings. The van der Waals surface area contributed by atoms with Gasteiger partial charge in [-0.3, -0.25) is 4.79 Å². The van der Waals surface area contributed by atoms with Crippen molar-refractivity contribution in [3.63, 3.8) is 0 Å². The van der Waals surface area contributed by atoms with E-state index in [-0.39, 0.29) is 30.8 Å². The Kier molecular flexibility index (Phi) is 6.60. The van der Waals surface area contributed by atoms with Crippen LogP contribution in [0.3, 0.4) is 0 Å². The van der Waals surface area contributed by atoms with Crippen LogP contribution in [0.5, 0.6) is 0 Å². The normalized spacial score (nSPS) is 27.6. The fourth-order valence-electron chi connectivity index (χ4n) is 2.98. The SMILES string of the molecule is CC(C)OCC(=O)N1CCN(S(=O)(=O)N2CC(C)OC(C)C2)CC1. The first kappa shape index (κ1) is 19.6. The average molecular weight is 363 g/mol. The molecule has 2 rings (SSSR count). The molecule has 2 heterocycles. The fraction of sp³-hybridized carbons (Fsp3) is 0.933. The number of amides is 1. The van der Waals surface area contributed by atoms with E-state index in [0.717, 1.165) is 0 Å². The van der Waals surface area contributed by atoms with Crippen LogP contribution >= 0.6 is 0 Å². The third kappa shape index (κ3) is 4.89.